The fraction of sp³-hybridized carbons (Fsp3) is 0.526. The average molecular weight is 332 g/mol. The molecule has 126 valence electrons. The lowest BCUT2D eigenvalue weighted by molar-refractivity contribution is 0.540. The third kappa shape index (κ3) is 5.33. The highest BCUT2D eigenvalue weighted by Crippen LogP contribution is 2.30. The molecule has 0 saturated heterocycles. The van der Waals surface area contributed by atoms with E-state index in [0.29, 0.717) is 12.0 Å². The third-order valence-electron chi connectivity index (χ3n) is 4.16. The van der Waals surface area contributed by atoms with Crippen LogP contribution in [0.2, 0.25) is 0 Å². The maximum absolute atomic E-state index is 4.75. The van der Waals surface area contributed by atoms with Gasteiger partial charge < -0.3 is 10.6 Å². The number of anilines is 2. The van der Waals surface area contributed by atoms with Crippen molar-refractivity contribution in [1.29, 1.82) is 0 Å². The molecular weight excluding hydrogens is 302 g/mol. The SMILES string of the molecule is CCCNC(C)Cc1csc(Nc2ccccc2C(C)CC)n1. The second-order valence-corrected chi connectivity index (χ2v) is 7.08. The summed E-state index contributed by atoms with van der Waals surface area (Å²) in [7, 11) is 0. The largest absolute Gasteiger partial charge is 0.331 e. The van der Waals surface area contributed by atoms with E-state index in [-0.39, 0.29) is 0 Å². The number of benzene rings is 1. The van der Waals surface area contributed by atoms with E-state index in [1.165, 1.54) is 17.7 Å². The van der Waals surface area contributed by atoms with Crippen molar-refractivity contribution >= 4 is 22.2 Å². The molecule has 0 spiro atoms. The van der Waals surface area contributed by atoms with Crippen molar-refractivity contribution in [3.05, 3.63) is 40.9 Å². The van der Waals surface area contributed by atoms with E-state index >= 15 is 0 Å². The van der Waals surface area contributed by atoms with E-state index in [4.69, 9.17) is 4.98 Å². The van der Waals surface area contributed by atoms with Crippen molar-refractivity contribution in [2.75, 3.05) is 11.9 Å². The maximum atomic E-state index is 4.75. The average Bonchev–Trinajstić information content (AvgIpc) is 2.99. The van der Waals surface area contributed by atoms with Crippen molar-refractivity contribution in [2.24, 2.45) is 0 Å². The number of hydrogen-bond donors (Lipinski definition) is 2. The Hall–Kier alpha value is -1.39. The van der Waals surface area contributed by atoms with Gasteiger partial charge in [-0.2, -0.15) is 0 Å². The smallest absolute Gasteiger partial charge is 0.187 e. The first kappa shape index (κ1) is 18.0. The minimum absolute atomic E-state index is 0.470. The highest BCUT2D eigenvalue weighted by atomic mass is 32.1. The highest BCUT2D eigenvalue weighted by Gasteiger charge is 2.11. The van der Waals surface area contributed by atoms with E-state index in [9.17, 15) is 0 Å². The third-order valence-corrected chi connectivity index (χ3v) is 4.96. The van der Waals surface area contributed by atoms with Crippen molar-refractivity contribution < 1.29 is 0 Å². The van der Waals surface area contributed by atoms with Crippen LogP contribution in [0.1, 0.15) is 57.7 Å². The van der Waals surface area contributed by atoms with Gasteiger partial charge in [0.25, 0.3) is 0 Å². The summed E-state index contributed by atoms with van der Waals surface area (Å²) in [6, 6.07) is 9.02. The molecule has 0 aliphatic rings. The summed E-state index contributed by atoms with van der Waals surface area (Å²) in [5, 5.41) is 10.2. The van der Waals surface area contributed by atoms with Gasteiger partial charge >= 0.3 is 0 Å². The minimum atomic E-state index is 0.470. The van der Waals surface area contributed by atoms with Gasteiger partial charge in [0.15, 0.2) is 5.13 Å². The second-order valence-electron chi connectivity index (χ2n) is 6.22. The Balaban J connectivity index is 2.02. The molecule has 0 radical (unpaired) electrons. The molecule has 1 aromatic heterocycles. The quantitative estimate of drug-likeness (QED) is 0.652. The van der Waals surface area contributed by atoms with Crippen LogP contribution in [0, 0.1) is 0 Å². The van der Waals surface area contributed by atoms with Crippen LogP contribution in [0.25, 0.3) is 0 Å². The number of aromatic nitrogens is 1. The van der Waals surface area contributed by atoms with Crippen LogP contribution in [-0.4, -0.2) is 17.6 Å². The van der Waals surface area contributed by atoms with E-state index in [0.717, 1.165) is 30.2 Å². The van der Waals surface area contributed by atoms with Gasteiger partial charge in [0.05, 0.1) is 5.69 Å². The summed E-state index contributed by atoms with van der Waals surface area (Å²) in [6.07, 6.45) is 3.29. The zero-order valence-electron chi connectivity index (χ0n) is 14.7. The van der Waals surface area contributed by atoms with Crippen LogP contribution in [0.4, 0.5) is 10.8 Å². The topological polar surface area (TPSA) is 37.0 Å². The predicted octanol–water partition coefficient (Wildman–Crippen LogP) is 5.33. The monoisotopic (exact) mass is 331 g/mol. The lowest BCUT2D eigenvalue weighted by Gasteiger charge is -2.15. The van der Waals surface area contributed by atoms with Crippen LogP contribution in [0.3, 0.4) is 0 Å². The highest BCUT2D eigenvalue weighted by molar-refractivity contribution is 7.13. The normalized spacial score (nSPS) is 13.7. The lowest BCUT2D eigenvalue weighted by atomic mass is 9.97. The molecule has 2 rings (SSSR count). The van der Waals surface area contributed by atoms with Crippen molar-refractivity contribution in [1.82, 2.24) is 10.3 Å². The van der Waals surface area contributed by atoms with Gasteiger partial charge in [-0.15, -0.1) is 11.3 Å². The number of nitrogens with one attached hydrogen (secondary N) is 2. The van der Waals surface area contributed by atoms with Crippen molar-refractivity contribution in [2.45, 2.75) is 58.9 Å². The number of hydrogen-bond acceptors (Lipinski definition) is 4. The summed E-state index contributed by atoms with van der Waals surface area (Å²) >= 11 is 1.69. The van der Waals surface area contributed by atoms with Gasteiger partial charge in [0.1, 0.15) is 0 Å². The van der Waals surface area contributed by atoms with Gasteiger partial charge in [-0.1, -0.05) is 39.0 Å². The molecule has 0 bridgehead atoms. The molecule has 2 N–H and O–H groups in total. The Labute approximate surface area is 144 Å². The Morgan fingerprint density at radius 1 is 1.17 bits per heavy atom. The van der Waals surface area contributed by atoms with E-state index in [2.05, 4.69) is 68.0 Å². The Morgan fingerprint density at radius 3 is 2.70 bits per heavy atom. The maximum Gasteiger partial charge on any atom is 0.187 e. The summed E-state index contributed by atoms with van der Waals surface area (Å²) in [4.78, 5) is 4.75. The second kappa shape index (κ2) is 9.04. The zero-order chi connectivity index (χ0) is 16.7. The number of nitrogens with zero attached hydrogens (tertiary/aromatic N) is 1. The summed E-state index contributed by atoms with van der Waals surface area (Å²) in [6.45, 7) is 9.99. The van der Waals surface area contributed by atoms with Crippen LogP contribution in [0.15, 0.2) is 29.6 Å². The molecular formula is C19H29N3S. The van der Waals surface area contributed by atoms with Crippen LogP contribution < -0.4 is 10.6 Å². The molecule has 0 aliphatic heterocycles. The Morgan fingerprint density at radius 2 is 1.96 bits per heavy atom. The number of para-hydroxylation sites is 1. The van der Waals surface area contributed by atoms with E-state index in [1.807, 2.05) is 0 Å². The molecule has 0 fully saturated rings. The van der Waals surface area contributed by atoms with Gasteiger partial charge in [-0.3, -0.25) is 0 Å². The fourth-order valence-electron chi connectivity index (χ4n) is 2.61. The predicted molar refractivity (Wildman–Crippen MR) is 102 cm³/mol. The molecule has 1 heterocycles. The molecule has 0 amide bonds. The summed E-state index contributed by atoms with van der Waals surface area (Å²) in [5.74, 6) is 0.552. The first-order chi connectivity index (χ1) is 11.1. The molecule has 0 aliphatic carbocycles. The molecule has 3 nitrogen and oxygen atoms in total. The van der Waals surface area contributed by atoms with Gasteiger partial charge in [-0.25, -0.2) is 4.98 Å². The first-order valence-corrected chi connectivity index (χ1v) is 9.55. The van der Waals surface area contributed by atoms with Crippen molar-refractivity contribution in [3.63, 3.8) is 0 Å². The zero-order valence-corrected chi connectivity index (χ0v) is 15.5. The minimum Gasteiger partial charge on any atom is -0.331 e. The number of rotatable bonds is 9. The number of thiazole rings is 1. The molecule has 1 aromatic carbocycles. The standard InChI is InChI=1S/C19H29N3S/c1-5-11-20-15(4)12-16-13-23-19(21-16)22-18-10-8-7-9-17(18)14(3)6-2/h7-10,13-15,20H,5-6,11-12H2,1-4H3,(H,21,22). The van der Waals surface area contributed by atoms with E-state index < -0.39 is 0 Å². The van der Waals surface area contributed by atoms with Crippen LogP contribution in [0.5, 0.6) is 0 Å². The lowest BCUT2D eigenvalue weighted by Crippen LogP contribution is -2.28. The Kier molecular flexibility index (Phi) is 7.06. The summed E-state index contributed by atoms with van der Waals surface area (Å²) in [5.41, 5.74) is 3.71. The van der Waals surface area contributed by atoms with Crippen LogP contribution in [-0.2, 0) is 6.42 Å². The molecule has 0 saturated carbocycles. The van der Waals surface area contributed by atoms with Gasteiger partial charge in [0.2, 0.25) is 0 Å². The van der Waals surface area contributed by atoms with Gasteiger partial charge in [-0.05, 0) is 43.9 Å². The van der Waals surface area contributed by atoms with E-state index in [1.54, 1.807) is 11.3 Å². The molecule has 2 unspecified atom stereocenters. The summed E-state index contributed by atoms with van der Waals surface area (Å²) < 4.78 is 0. The molecule has 2 atom stereocenters. The Bertz CT molecular complexity index is 594. The molecule has 2 aromatic rings. The molecule has 4 heteroatoms. The van der Waals surface area contributed by atoms with Crippen LogP contribution >= 0.6 is 11.3 Å². The fourth-order valence-corrected chi connectivity index (χ4v) is 3.35. The molecule has 23 heavy (non-hydrogen) atoms. The first-order valence-electron chi connectivity index (χ1n) is 8.67. The van der Waals surface area contributed by atoms with Crippen molar-refractivity contribution in [3.8, 4) is 0 Å². The van der Waals surface area contributed by atoms with Gasteiger partial charge in [0, 0.05) is 23.5 Å².